The fourth-order valence-electron chi connectivity index (χ4n) is 2.79. The van der Waals surface area contributed by atoms with Crippen LogP contribution in [0, 0.1) is 6.92 Å². The highest BCUT2D eigenvalue weighted by Crippen LogP contribution is 2.27. The maximum Gasteiger partial charge on any atom is 0.335 e. The number of aryl methyl sites for hydroxylation is 1. The Morgan fingerprint density at radius 2 is 1.96 bits per heavy atom. The molecule has 140 valence electrons. The monoisotopic (exact) mass is 393 g/mol. The third-order valence-corrected chi connectivity index (χ3v) is 7.77. The number of aromatic carboxylic acids is 1. The predicted molar refractivity (Wildman–Crippen MR) is 87.6 cm³/mol. The van der Waals surface area contributed by atoms with Gasteiger partial charge in [-0.1, -0.05) is 6.07 Å². The van der Waals surface area contributed by atoms with E-state index in [1.54, 1.807) is 0 Å². The summed E-state index contributed by atoms with van der Waals surface area (Å²) in [5.41, 5.74) is 0.0241. The smallest absolute Gasteiger partial charge is 0.335 e. The molecule has 1 aromatic carbocycles. The first-order chi connectivity index (χ1) is 11.5. The summed E-state index contributed by atoms with van der Waals surface area (Å²) in [7, 11) is -7.94. The molecule has 3 N–H and O–H groups in total. The minimum Gasteiger partial charge on any atom is -0.478 e. The normalized spacial score (nSPS) is 23.0. The molecule has 11 heteroatoms. The van der Waals surface area contributed by atoms with Gasteiger partial charge in [0.15, 0.2) is 9.84 Å². The molecule has 0 aliphatic carbocycles. The van der Waals surface area contributed by atoms with Crippen molar-refractivity contribution in [2.24, 2.45) is 0 Å². The van der Waals surface area contributed by atoms with Crippen LogP contribution >= 0.6 is 0 Å². The standard InChI is InChI=1S/C14H19NO8S2/c1-9-2-3-10(14(18)19)6-13(9)25(22,23)15(4-5-16)11-7-24(20,21)8-12(11)17/h2-3,6,11-12,16-17H,4-5,7-8H2,1H3,(H,18,19)/t11-,12+/m1/s1. The molecule has 1 heterocycles. The van der Waals surface area contributed by atoms with Crippen molar-refractivity contribution in [1.82, 2.24) is 4.31 Å². The second-order valence-corrected chi connectivity index (χ2v) is 9.85. The van der Waals surface area contributed by atoms with Gasteiger partial charge in [0.1, 0.15) is 0 Å². The molecule has 1 aliphatic rings. The van der Waals surface area contributed by atoms with E-state index in [0.717, 1.165) is 10.4 Å². The van der Waals surface area contributed by atoms with Gasteiger partial charge in [-0.15, -0.1) is 0 Å². The largest absolute Gasteiger partial charge is 0.478 e. The maximum atomic E-state index is 13.0. The third kappa shape index (κ3) is 4.01. The molecule has 1 saturated heterocycles. The molecule has 0 saturated carbocycles. The molecule has 9 nitrogen and oxygen atoms in total. The van der Waals surface area contributed by atoms with E-state index in [-0.39, 0.29) is 16.0 Å². The highest BCUT2D eigenvalue weighted by Gasteiger charge is 2.44. The van der Waals surface area contributed by atoms with Gasteiger partial charge >= 0.3 is 5.97 Å². The topological polar surface area (TPSA) is 149 Å². The number of aliphatic hydroxyl groups is 2. The van der Waals surface area contributed by atoms with E-state index < -0.39 is 62.6 Å². The first kappa shape index (κ1) is 19.8. The van der Waals surface area contributed by atoms with Crippen molar-refractivity contribution in [3.05, 3.63) is 29.3 Å². The summed E-state index contributed by atoms with van der Waals surface area (Å²) in [6.07, 6.45) is -1.42. The fraction of sp³-hybridized carbons (Fsp3) is 0.500. The summed E-state index contributed by atoms with van der Waals surface area (Å²) in [5, 5.41) is 28.2. The van der Waals surface area contributed by atoms with Crippen molar-refractivity contribution in [3.8, 4) is 0 Å². The van der Waals surface area contributed by atoms with E-state index >= 15 is 0 Å². The molecule has 2 atom stereocenters. The van der Waals surface area contributed by atoms with E-state index in [2.05, 4.69) is 0 Å². The Balaban J connectivity index is 2.54. The van der Waals surface area contributed by atoms with Gasteiger partial charge in [0, 0.05) is 6.54 Å². The molecule has 25 heavy (non-hydrogen) atoms. The summed E-state index contributed by atoms with van der Waals surface area (Å²) in [4.78, 5) is 10.8. The lowest BCUT2D eigenvalue weighted by Crippen LogP contribution is -2.48. The molecule has 2 rings (SSSR count). The van der Waals surface area contributed by atoms with Crippen LogP contribution in [0.1, 0.15) is 15.9 Å². The Morgan fingerprint density at radius 3 is 2.44 bits per heavy atom. The lowest BCUT2D eigenvalue weighted by Gasteiger charge is -2.29. The number of sulfone groups is 1. The summed E-state index contributed by atoms with van der Waals surface area (Å²) in [6, 6.07) is 2.32. The zero-order valence-electron chi connectivity index (χ0n) is 13.4. The van der Waals surface area contributed by atoms with Gasteiger partial charge < -0.3 is 15.3 Å². The van der Waals surface area contributed by atoms with E-state index in [1.165, 1.54) is 19.1 Å². The number of nitrogens with zero attached hydrogens (tertiary/aromatic N) is 1. The minimum absolute atomic E-state index is 0.243. The van der Waals surface area contributed by atoms with E-state index in [0.29, 0.717) is 0 Å². The van der Waals surface area contributed by atoms with Crippen molar-refractivity contribution < 1.29 is 36.9 Å². The van der Waals surface area contributed by atoms with Crippen LogP contribution in [-0.2, 0) is 19.9 Å². The average Bonchev–Trinajstić information content (AvgIpc) is 2.77. The van der Waals surface area contributed by atoms with Crippen LogP contribution in [0.3, 0.4) is 0 Å². The van der Waals surface area contributed by atoms with Crippen LogP contribution in [0.15, 0.2) is 23.1 Å². The molecule has 0 radical (unpaired) electrons. The number of carboxylic acid groups (broad SMARTS) is 1. The van der Waals surface area contributed by atoms with Crippen LogP contribution < -0.4 is 0 Å². The lowest BCUT2D eigenvalue weighted by molar-refractivity contribution is 0.0696. The predicted octanol–water partition coefficient (Wildman–Crippen LogP) is -1.17. The number of sulfonamides is 1. The fourth-order valence-corrected chi connectivity index (χ4v) is 6.58. The zero-order chi connectivity index (χ0) is 19.0. The Bertz CT molecular complexity index is 878. The van der Waals surface area contributed by atoms with Gasteiger partial charge in [0.25, 0.3) is 0 Å². The molecule has 0 aromatic heterocycles. The minimum atomic E-state index is -4.33. The highest BCUT2D eigenvalue weighted by atomic mass is 32.2. The molecule has 1 aliphatic heterocycles. The van der Waals surface area contributed by atoms with Crippen molar-refractivity contribution in [3.63, 3.8) is 0 Å². The van der Waals surface area contributed by atoms with E-state index in [1.807, 2.05) is 0 Å². The summed E-state index contributed by atoms with van der Waals surface area (Å²) in [5.74, 6) is -2.44. The summed E-state index contributed by atoms with van der Waals surface area (Å²) >= 11 is 0. The van der Waals surface area contributed by atoms with Gasteiger partial charge in [-0.05, 0) is 24.6 Å². The Morgan fingerprint density at radius 1 is 1.32 bits per heavy atom. The number of carboxylic acids is 1. The Labute approximate surface area is 145 Å². The average molecular weight is 393 g/mol. The van der Waals surface area contributed by atoms with E-state index in [9.17, 15) is 31.8 Å². The summed E-state index contributed by atoms with van der Waals surface area (Å²) < 4.78 is 50.1. The van der Waals surface area contributed by atoms with Gasteiger partial charge in [-0.25, -0.2) is 21.6 Å². The molecule has 1 fully saturated rings. The second kappa shape index (κ2) is 7.00. The van der Waals surface area contributed by atoms with Crippen LogP contribution in [-0.4, -0.2) is 79.2 Å². The zero-order valence-corrected chi connectivity index (χ0v) is 15.0. The second-order valence-electron chi connectivity index (χ2n) is 5.84. The third-order valence-electron chi connectivity index (χ3n) is 4.01. The number of hydrogen-bond donors (Lipinski definition) is 3. The van der Waals surface area contributed by atoms with Gasteiger partial charge in [0.05, 0.1) is 40.7 Å². The first-order valence-corrected chi connectivity index (χ1v) is 10.6. The summed E-state index contributed by atoms with van der Waals surface area (Å²) in [6.45, 7) is 0.466. The quantitative estimate of drug-likeness (QED) is 0.547. The Kier molecular flexibility index (Phi) is 5.54. The number of carbonyl (C=O) groups is 1. The molecule has 1 aromatic rings. The molecular formula is C14H19NO8S2. The van der Waals surface area contributed by atoms with Crippen molar-refractivity contribution in [2.45, 2.75) is 24.0 Å². The highest BCUT2D eigenvalue weighted by molar-refractivity contribution is 7.92. The molecular weight excluding hydrogens is 374 g/mol. The molecule has 0 bridgehead atoms. The van der Waals surface area contributed by atoms with E-state index in [4.69, 9.17) is 5.11 Å². The number of benzene rings is 1. The first-order valence-electron chi connectivity index (χ1n) is 7.35. The Hall–Kier alpha value is -1.53. The van der Waals surface area contributed by atoms with Crippen molar-refractivity contribution >= 4 is 25.8 Å². The van der Waals surface area contributed by atoms with Crippen LogP contribution in [0.5, 0.6) is 0 Å². The maximum absolute atomic E-state index is 13.0. The van der Waals surface area contributed by atoms with Crippen LogP contribution in [0.4, 0.5) is 0 Å². The van der Waals surface area contributed by atoms with Crippen LogP contribution in [0.2, 0.25) is 0 Å². The molecule has 0 unspecified atom stereocenters. The number of hydrogen-bond acceptors (Lipinski definition) is 7. The van der Waals surface area contributed by atoms with Crippen molar-refractivity contribution in [1.29, 1.82) is 0 Å². The van der Waals surface area contributed by atoms with Gasteiger partial charge in [-0.2, -0.15) is 4.31 Å². The van der Waals surface area contributed by atoms with Gasteiger partial charge in [-0.3, -0.25) is 0 Å². The molecule has 0 amide bonds. The lowest BCUT2D eigenvalue weighted by atomic mass is 10.1. The molecule has 0 spiro atoms. The number of rotatable bonds is 6. The number of aliphatic hydroxyl groups excluding tert-OH is 2. The van der Waals surface area contributed by atoms with Gasteiger partial charge in [0.2, 0.25) is 10.0 Å². The van der Waals surface area contributed by atoms with Crippen LogP contribution in [0.25, 0.3) is 0 Å². The SMILES string of the molecule is Cc1ccc(C(=O)O)cc1S(=O)(=O)N(CCO)[C@@H]1CS(=O)(=O)C[C@@H]1O. The van der Waals surface area contributed by atoms with Crippen molar-refractivity contribution in [2.75, 3.05) is 24.7 Å².